The Hall–Kier alpha value is -1.16. The van der Waals surface area contributed by atoms with Crippen LogP contribution in [0.5, 0.6) is 0 Å². The quantitative estimate of drug-likeness (QED) is 0.270. The Kier molecular flexibility index (Phi) is 10.3. The van der Waals surface area contributed by atoms with Crippen molar-refractivity contribution >= 4 is 53.4 Å². The van der Waals surface area contributed by atoms with Crippen LogP contribution in [0, 0.1) is 0 Å². The van der Waals surface area contributed by atoms with Crippen LogP contribution >= 0.6 is 35.7 Å². The van der Waals surface area contributed by atoms with Crippen molar-refractivity contribution in [3.05, 3.63) is 29.8 Å². The number of benzene rings is 1. The number of rotatable bonds is 6. The summed E-state index contributed by atoms with van der Waals surface area (Å²) in [4.78, 5) is 16.0. The molecule has 1 aromatic carbocycles. The molecule has 1 aliphatic rings. The third kappa shape index (κ3) is 8.59. The summed E-state index contributed by atoms with van der Waals surface area (Å²) >= 11 is 2.04. The van der Waals surface area contributed by atoms with E-state index in [-0.39, 0.29) is 36.0 Å². The predicted octanol–water partition coefficient (Wildman–Crippen LogP) is 3.79. The van der Waals surface area contributed by atoms with Crippen molar-refractivity contribution in [3.8, 4) is 0 Å². The highest BCUT2D eigenvalue weighted by molar-refractivity contribution is 14.0. The molecule has 0 aliphatic carbocycles. The Bertz CT molecular complexity index is 615. The Labute approximate surface area is 184 Å². The summed E-state index contributed by atoms with van der Waals surface area (Å²) in [6.45, 7) is 7.78. The highest BCUT2D eigenvalue weighted by Crippen LogP contribution is 2.36. The number of anilines is 1. The Morgan fingerprint density at radius 3 is 2.52 bits per heavy atom. The first-order valence-electron chi connectivity index (χ1n) is 9.15. The first-order valence-corrected chi connectivity index (χ1v) is 10.1. The second kappa shape index (κ2) is 11.6. The molecule has 2 rings (SSSR count). The second-order valence-electron chi connectivity index (χ2n) is 7.13. The molecular weight excluding hydrogens is 473 g/mol. The third-order valence-corrected chi connectivity index (χ3v) is 5.78. The van der Waals surface area contributed by atoms with Crippen molar-refractivity contribution in [2.75, 3.05) is 24.7 Å². The van der Waals surface area contributed by atoms with E-state index in [2.05, 4.69) is 33.2 Å². The number of amides is 2. The van der Waals surface area contributed by atoms with Gasteiger partial charge in [0.05, 0.1) is 0 Å². The van der Waals surface area contributed by atoms with Gasteiger partial charge in [-0.15, -0.1) is 24.0 Å². The largest absolute Gasteiger partial charge is 0.355 e. The maximum absolute atomic E-state index is 11.7. The third-order valence-electron chi connectivity index (χ3n) is 4.25. The number of carbonyl (C=O) groups is 1. The summed E-state index contributed by atoms with van der Waals surface area (Å²) in [5.74, 6) is 2.07. The molecule has 0 aromatic heterocycles. The molecule has 152 valence electrons. The molecule has 1 aliphatic heterocycles. The lowest BCUT2D eigenvalue weighted by Crippen LogP contribution is -2.43. The van der Waals surface area contributed by atoms with E-state index >= 15 is 0 Å². The molecule has 0 radical (unpaired) electrons. The first kappa shape index (κ1) is 23.9. The SMILES string of the molecule is CN=C(NCc1ccc(NC(=O)NC(C)C)cc1)NCC1(C)CCCS1.I. The van der Waals surface area contributed by atoms with Crippen LogP contribution in [-0.4, -0.2) is 42.1 Å². The summed E-state index contributed by atoms with van der Waals surface area (Å²) in [5.41, 5.74) is 1.91. The summed E-state index contributed by atoms with van der Waals surface area (Å²) in [6.07, 6.45) is 2.55. The fourth-order valence-corrected chi connectivity index (χ4v) is 4.03. The average molecular weight is 505 g/mol. The van der Waals surface area contributed by atoms with Crippen LogP contribution < -0.4 is 21.3 Å². The van der Waals surface area contributed by atoms with Gasteiger partial charge in [0.15, 0.2) is 5.96 Å². The molecule has 1 heterocycles. The van der Waals surface area contributed by atoms with E-state index in [0.717, 1.165) is 23.8 Å². The zero-order chi connectivity index (χ0) is 19.0. The monoisotopic (exact) mass is 505 g/mol. The molecule has 0 saturated carbocycles. The van der Waals surface area contributed by atoms with Crippen LogP contribution in [0.2, 0.25) is 0 Å². The summed E-state index contributed by atoms with van der Waals surface area (Å²) in [6, 6.07) is 7.74. The molecule has 0 spiro atoms. The second-order valence-corrected chi connectivity index (χ2v) is 8.81. The molecule has 2 amide bonds. The van der Waals surface area contributed by atoms with Gasteiger partial charge in [0.2, 0.25) is 0 Å². The summed E-state index contributed by atoms with van der Waals surface area (Å²) < 4.78 is 0.307. The molecule has 1 aromatic rings. The van der Waals surface area contributed by atoms with Crippen molar-refractivity contribution in [3.63, 3.8) is 0 Å². The number of carbonyl (C=O) groups excluding carboxylic acids is 1. The van der Waals surface area contributed by atoms with Crippen molar-refractivity contribution in [2.45, 2.75) is 50.9 Å². The molecule has 1 saturated heterocycles. The maximum Gasteiger partial charge on any atom is 0.319 e. The van der Waals surface area contributed by atoms with E-state index in [1.807, 2.05) is 49.9 Å². The minimum absolute atomic E-state index is 0. The number of halogens is 1. The van der Waals surface area contributed by atoms with E-state index < -0.39 is 0 Å². The number of guanidine groups is 1. The van der Waals surface area contributed by atoms with E-state index in [0.29, 0.717) is 11.3 Å². The minimum atomic E-state index is -0.186. The molecular formula is C19H32IN5OS. The first-order chi connectivity index (χ1) is 12.4. The number of aliphatic imine (C=N–C) groups is 1. The van der Waals surface area contributed by atoms with Crippen molar-refractivity contribution in [1.82, 2.24) is 16.0 Å². The maximum atomic E-state index is 11.7. The number of hydrogen-bond donors (Lipinski definition) is 4. The molecule has 27 heavy (non-hydrogen) atoms. The van der Waals surface area contributed by atoms with Gasteiger partial charge in [0.1, 0.15) is 0 Å². The van der Waals surface area contributed by atoms with Gasteiger partial charge >= 0.3 is 6.03 Å². The lowest BCUT2D eigenvalue weighted by atomic mass is 10.1. The van der Waals surface area contributed by atoms with E-state index in [1.54, 1.807) is 7.05 Å². The van der Waals surface area contributed by atoms with E-state index in [1.165, 1.54) is 18.6 Å². The van der Waals surface area contributed by atoms with Gasteiger partial charge in [-0.2, -0.15) is 11.8 Å². The van der Waals surface area contributed by atoms with Crippen LogP contribution in [-0.2, 0) is 6.54 Å². The predicted molar refractivity (Wildman–Crippen MR) is 127 cm³/mol. The average Bonchev–Trinajstić information content (AvgIpc) is 3.02. The van der Waals surface area contributed by atoms with Crippen molar-refractivity contribution in [1.29, 1.82) is 0 Å². The Morgan fingerprint density at radius 2 is 1.96 bits per heavy atom. The Balaban J connectivity index is 0.00000364. The fourth-order valence-electron chi connectivity index (χ4n) is 2.79. The normalized spacial score (nSPS) is 19.4. The van der Waals surface area contributed by atoms with Gasteiger partial charge in [-0.1, -0.05) is 12.1 Å². The van der Waals surface area contributed by atoms with Gasteiger partial charge in [0.25, 0.3) is 0 Å². The number of nitrogens with one attached hydrogen (secondary N) is 4. The van der Waals surface area contributed by atoms with Gasteiger partial charge in [-0.25, -0.2) is 4.79 Å². The number of nitrogens with zero attached hydrogens (tertiary/aromatic N) is 1. The summed E-state index contributed by atoms with van der Waals surface area (Å²) in [5, 5.41) is 12.4. The van der Waals surface area contributed by atoms with Crippen molar-refractivity contribution in [2.24, 2.45) is 4.99 Å². The van der Waals surface area contributed by atoms with E-state index in [9.17, 15) is 4.79 Å². The topological polar surface area (TPSA) is 77.5 Å². The van der Waals surface area contributed by atoms with Crippen LogP contribution in [0.3, 0.4) is 0 Å². The molecule has 1 atom stereocenters. The van der Waals surface area contributed by atoms with Crippen LogP contribution in [0.25, 0.3) is 0 Å². The van der Waals surface area contributed by atoms with Crippen LogP contribution in [0.1, 0.15) is 39.2 Å². The highest BCUT2D eigenvalue weighted by Gasteiger charge is 2.29. The zero-order valence-electron chi connectivity index (χ0n) is 16.6. The lowest BCUT2D eigenvalue weighted by Gasteiger charge is -2.24. The standard InChI is InChI=1S/C19H31N5OS.HI/c1-14(2)23-18(25)24-16-8-6-15(7-9-16)12-21-17(20-4)22-13-19(3)10-5-11-26-19;/h6-9,14H,5,10-13H2,1-4H3,(H2,20,21,22)(H2,23,24,25);1H. The van der Waals surface area contributed by atoms with Crippen LogP contribution in [0.4, 0.5) is 10.5 Å². The Morgan fingerprint density at radius 1 is 1.26 bits per heavy atom. The molecule has 1 fully saturated rings. The zero-order valence-corrected chi connectivity index (χ0v) is 19.7. The van der Waals surface area contributed by atoms with Gasteiger partial charge in [-0.05, 0) is 57.1 Å². The molecule has 6 nitrogen and oxygen atoms in total. The number of thioether (sulfide) groups is 1. The minimum Gasteiger partial charge on any atom is -0.355 e. The fraction of sp³-hybridized carbons (Fsp3) is 0.579. The summed E-state index contributed by atoms with van der Waals surface area (Å²) in [7, 11) is 1.79. The van der Waals surface area contributed by atoms with Gasteiger partial charge in [0, 0.05) is 36.6 Å². The molecule has 1 unspecified atom stereocenters. The molecule has 0 bridgehead atoms. The van der Waals surface area contributed by atoms with Gasteiger partial charge < -0.3 is 21.3 Å². The van der Waals surface area contributed by atoms with E-state index in [4.69, 9.17) is 0 Å². The number of hydrogen-bond acceptors (Lipinski definition) is 3. The van der Waals surface area contributed by atoms with Gasteiger partial charge in [-0.3, -0.25) is 4.99 Å². The van der Waals surface area contributed by atoms with Crippen LogP contribution in [0.15, 0.2) is 29.3 Å². The molecule has 4 N–H and O–H groups in total. The number of urea groups is 1. The smallest absolute Gasteiger partial charge is 0.319 e. The highest BCUT2D eigenvalue weighted by atomic mass is 127. The van der Waals surface area contributed by atoms with Crippen molar-refractivity contribution < 1.29 is 4.79 Å². The molecule has 8 heteroatoms. The lowest BCUT2D eigenvalue weighted by molar-refractivity contribution is 0.250.